The zero-order valence-electron chi connectivity index (χ0n) is 10.6. The van der Waals surface area contributed by atoms with Gasteiger partial charge in [0.2, 0.25) is 0 Å². The smallest absolute Gasteiger partial charge is 0.0419 e. The molecule has 90 valence electrons. The highest BCUT2D eigenvalue weighted by molar-refractivity contribution is 7.10. The van der Waals surface area contributed by atoms with Crippen molar-refractivity contribution in [2.24, 2.45) is 11.8 Å². The number of hydrogen-bond acceptors (Lipinski definition) is 2. The third-order valence-corrected chi connectivity index (χ3v) is 4.37. The summed E-state index contributed by atoms with van der Waals surface area (Å²) in [5.41, 5.74) is 0. The quantitative estimate of drug-likeness (QED) is 0.781. The predicted octanol–water partition coefficient (Wildman–Crippen LogP) is 4.22. The van der Waals surface area contributed by atoms with E-state index in [-0.39, 0.29) is 0 Å². The van der Waals surface area contributed by atoms with E-state index >= 15 is 0 Å². The summed E-state index contributed by atoms with van der Waals surface area (Å²) in [6.07, 6.45) is 4.09. The van der Waals surface area contributed by atoms with E-state index in [1.165, 1.54) is 24.1 Å². The average molecular weight is 237 g/mol. The van der Waals surface area contributed by atoms with Crippen molar-refractivity contribution in [1.82, 2.24) is 5.32 Å². The van der Waals surface area contributed by atoms with E-state index in [1.807, 2.05) is 11.3 Å². The average Bonchev–Trinajstić information content (AvgIpc) is 2.92. The second kappa shape index (κ2) is 5.33. The minimum Gasteiger partial charge on any atom is -0.306 e. The fourth-order valence-corrected chi connectivity index (χ4v) is 3.08. The highest BCUT2D eigenvalue weighted by atomic mass is 32.1. The molecule has 1 aromatic heterocycles. The van der Waals surface area contributed by atoms with Crippen molar-refractivity contribution in [2.75, 3.05) is 0 Å². The van der Waals surface area contributed by atoms with E-state index in [2.05, 4.69) is 43.6 Å². The molecule has 0 bridgehead atoms. The summed E-state index contributed by atoms with van der Waals surface area (Å²) < 4.78 is 0. The fraction of sp³-hybridized carbons (Fsp3) is 0.714. The Hall–Kier alpha value is -0.340. The first-order valence-electron chi connectivity index (χ1n) is 6.46. The topological polar surface area (TPSA) is 12.0 Å². The van der Waals surface area contributed by atoms with Gasteiger partial charge in [-0.1, -0.05) is 19.9 Å². The monoisotopic (exact) mass is 237 g/mol. The maximum Gasteiger partial charge on any atom is 0.0419 e. The lowest BCUT2D eigenvalue weighted by atomic mass is 10.0. The third-order valence-electron chi connectivity index (χ3n) is 3.39. The maximum atomic E-state index is 3.82. The molecule has 0 amide bonds. The van der Waals surface area contributed by atoms with Gasteiger partial charge in [0.05, 0.1) is 0 Å². The van der Waals surface area contributed by atoms with Gasteiger partial charge in [0, 0.05) is 17.0 Å². The van der Waals surface area contributed by atoms with Crippen LogP contribution in [0.5, 0.6) is 0 Å². The molecule has 1 saturated carbocycles. The first-order chi connectivity index (χ1) is 7.66. The minimum atomic E-state index is 0.565. The van der Waals surface area contributed by atoms with E-state index < -0.39 is 0 Å². The van der Waals surface area contributed by atoms with Crippen molar-refractivity contribution >= 4 is 11.3 Å². The van der Waals surface area contributed by atoms with Gasteiger partial charge in [-0.15, -0.1) is 11.3 Å². The lowest BCUT2D eigenvalue weighted by Crippen LogP contribution is -2.32. The van der Waals surface area contributed by atoms with E-state index in [9.17, 15) is 0 Å². The molecule has 1 aliphatic carbocycles. The van der Waals surface area contributed by atoms with Crippen LogP contribution in [0.4, 0.5) is 0 Å². The molecule has 1 heterocycles. The molecule has 16 heavy (non-hydrogen) atoms. The summed E-state index contributed by atoms with van der Waals surface area (Å²) in [5.74, 6) is 1.70. The van der Waals surface area contributed by atoms with Crippen LogP contribution in [0.2, 0.25) is 0 Å². The molecular weight excluding hydrogens is 214 g/mol. The van der Waals surface area contributed by atoms with Crippen LogP contribution in [0.25, 0.3) is 0 Å². The van der Waals surface area contributed by atoms with E-state index in [4.69, 9.17) is 0 Å². The molecular formula is C14H23NS. The summed E-state index contributed by atoms with van der Waals surface area (Å²) in [4.78, 5) is 1.50. The third kappa shape index (κ3) is 3.33. The van der Waals surface area contributed by atoms with Crippen LogP contribution < -0.4 is 5.32 Å². The Kier molecular flexibility index (Phi) is 4.04. The molecule has 0 aliphatic heterocycles. The second-order valence-corrected chi connectivity index (χ2v) is 6.47. The van der Waals surface area contributed by atoms with Gasteiger partial charge in [-0.05, 0) is 49.5 Å². The Morgan fingerprint density at radius 1 is 1.38 bits per heavy atom. The van der Waals surface area contributed by atoms with E-state index in [0.717, 1.165) is 11.8 Å². The zero-order valence-corrected chi connectivity index (χ0v) is 11.4. The molecule has 2 rings (SSSR count). The summed E-state index contributed by atoms with van der Waals surface area (Å²) in [5, 5.41) is 6.01. The second-order valence-electron chi connectivity index (χ2n) is 5.49. The van der Waals surface area contributed by atoms with Crippen molar-refractivity contribution in [3.63, 3.8) is 0 Å². The molecule has 0 aromatic carbocycles. The summed E-state index contributed by atoms with van der Waals surface area (Å²) in [7, 11) is 0. The van der Waals surface area contributed by atoms with Crippen molar-refractivity contribution in [1.29, 1.82) is 0 Å². The van der Waals surface area contributed by atoms with Crippen LogP contribution in [0.1, 0.15) is 51.0 Å². The molecule has 1 aliphatic rings. The zero-order chi connectivity index (χ0) is 11.5. The lowest BCUT2D eigenvalue weighted by molar-refractivity contribution is 0.374. The van der Waals surface area contributed by atoms with Gasteiger partial charge >= 0.3 is 0 Å². The Labute approximate surface area is 103 Å². The van der Waals surface area contributed by atoms with Crippen molar-refractivity contribution in [2.45, 2.75) is 52.1 Å². The number of rotatable bonds is 6. The van der Waals surface area contributed by atoms with Crippen LogP contribution in [0, 0.1) is 11.8 Å². The molecule has 0 spiro atoms. The molecule has 1 fully saturated rings. The highest BCUT2D eigenvalue weighted by Gasteiger charge is 2.29. The Balaban J connectivity index is 1.96. The highest BCUT2D eigenvalue weighted by Crippen LogP contribution is 2.35. The van der Waals surface area contributed by atoms with Gasteiger partial charge in [-0.2, -0.15) is 0 Å². The number of hydrogen-bond donors (Lipinski definition) is 1. The Morgan fingerprint density at radius 3 is 2.62 bits per heavy atom. The van der Waals surface area contributed by atoms with Gasteiger partial charge in [0.15, 0.2) is 0 Å². The first kappa shape index (κ1) is 12.1. The number of thiophene rings is 1. The fourth-order valence-electron chi connectivity index (χ4n) is 2.28. The van der Waals surface area contributed by atoms with Crippen LogP contribution >= 0.6 is 11.3 Å². The van der Waals surface area contributed by atoms with Crippen molar-refractivity contribution in [3.05, 3.63) is 22.4 Å². The molecule has 1 nitrogen and oxygen atoms in total. The predicted molar refractivity (Wildman–Crippen MR) is 71.8 cm³/mol. The van der Waals surface area contributed by atoms with Gasteiger partial charge < -0.3 is 5.32 Å². The Morgan fingerprint density at radius 2 is 2.12 bits per heavy atom. The van der Waals surface area contributed by atoms with Crippen molar-refractivity contribution < 1.29 is 0 Å². The largest absolute Gasteiger partial charge is 0.306 e. The van der Waals surface area contributed by atoms with E-state index in [0.29, 0.717) is 12.1 Å². The number of nitrogens with one attached hydrogen (secondary N) is 1. The molecule has 0 saturated heterocycles. The van der Waals surface area contributed by atoms with Gasteiger partial charge in [0.1, 0.15) is 0 Å². The molecule has 0 radical (unpaired) electrons. The van der Waals surface area contributed by atoms with Gasteiger partial charge in [-0.25, -0.2) is 0 Å². The Bertz CT molecular complexity index is 301. The molecule has 2 atom stereocenters. The molecule has 1 N–H and O–H groups in total. The van der Waals surface area contributed by atoms with Crippen LogP contribution in [0.3, 0.4) is 0 Å². The van der Waals surface area contributed by atoms with Crippen LogP contribution in [-0.2, 0) is 0 Å². The van der Waals surface area contributed by atoms with Gasteiger partial charge in [-0.3, -0.25) is 0 Å². The van der Waals surface area contributed by atoms with E-state index in [1.54, 1.807) is 0 Å². The lowest BCUT2D eigenvalue weighted by Gasteiger charge is -2.24. The van der Waals surface area contributed by atoms with Crippen molar-refractivity contribution in [3.8, 4) is 0 Å². The summed E-state index contributed by atoms with van der Waals surface area (Å²) >= 11 is 1.88. The standard InChI is InChI=1S/C14H23NS/c1-10(2)9-13(14-5-4-8-16-14)15-11(3)12-6-7-12/h4-5,8,10-13,15H,6-7,9H2,1-3H3. The van der Waals surface area contributed by atoms with Crippen LogP contribution in [-0.4, -0.2) is 6.04 Å². The SMILES string of the molecule is CC(C)CC(NC(C)C1CC1)c1cccs1. The minimum absolute atomic E-state index is 0.565. The molecule has 2 unspecified atom stereocenters. The van der Waals surface area contributed by atoms with Gasteiger partial charge in [0.25, 0.3) is 0 Å². The summed E-state index contributed by atoms with van der Waals surface area (Å²) in [6.45, 7) is 6.97. The molecule has 1 aromatic rings. The maximum absolute atomic E-state index is 3.82. The van der Waals surface area contributed by atoms with Crippen LogP contribution in [0.15, 0.2) is 17.5 Å². The normalized spacial score (nSPS) is 20.0. The summed E-state index contributed by atoms with van der Waals surface area (Å²) in [6, 6.07) is 5.68. The first-order valence-corrected chi connectivity index (χ1v) is 7.34. The molecule has 2 heteroatoms.